The number of ether oxygens (including phenoxy) is 1. The summed E-state index contributed by atoms with van der Waals surface area (Å²) < 4.78 is 4.81. The minimum Gasteiger partial charge on any atom is -0.416 e. The van der Waals surface area contributed by atoms with Gasteiger partial charge in [-0.05, 0) is 19.1 Å². The lowest BCUT2D eigenvalue weighted by Crippen LogP contribution is -1.98. The van der Waals surface area contributed by atoms with Crippen LogP contribution in [-0.2, 0) is 4.79 Å². The lowest BCUT2D eigenvalue weighted by molar-refractivity contribution is -0.131. The van der Waals surface area contributed by atoms with E-state index in [1.807, 2.05) is 0 Å². The first-order chi connectivity index (χ1) is 5.59. The van der Waals surface area contributed by atoms with Gasteiger partial charge in [-0.15, -0.1) is 11.3 Å². The van der Waals surface area contributed by atoms with Crippen LogP contribution in [0.15, 0.2) is 12.1 Å². The zero-order chi connectivity index (χ0) is 9.14. The minimum atomic E-state index is -0.501. The van der Waals surface area contributed by atoms with E-state index in [-0.39, 0.29) is 5.97 Å². The molecular weight excluding hydrogens is 176 g/mol. The van der Waals surface area contributed by atoms with Crippen LogP contribution >= 0.6 is 11.3 Å². The Morgan fingerprint density at radius 1 is 1.67 bits per heavy atom. The molecule has 1 N–H and O–H groups in total. The van der Waals surface area contributed by atoms with Crippen LogP contribution in [0.3, 0.4) is 0 Å². The normalized spacial score (nSPS) is 12.6. The van der Waals surface area contributed by atoms with Gasteiger partial charge >= 0.3 is 5.97 Å². The van der Waals surface area contributed by atoms with Gasteiger partial charge in [0.05, 0.1) is 6.10 Å². The molecule has 0 saturated heterocycles. The van der Waals surface area contributed by atoms with Gasteiger partial charge in [0.15, 0.2) is 5.06 Å². The average Bonchev–Trinajstić information content (AvgIpc) is 2.34. The van der Waals surface area contributed by atoms with Crippen molar-refractivity contribution in [2.75, 3.05) is 0 Å². The highest BCUT2D eigenvalue weighted by atomic mass is 32.1. The van der Waals surface area contributed by atoms with E-state index in [4.69, 9.17) is 9.84 Å². The van der Waals surface area contributed by atoms with Crippen LogP contribution in [-0.4, -0.2) is 11.1 Å². The number of aliphatic hydroxyl groups is 1. The second kappa shape index (κ2) is 3.69. The molecule has 1 aromatic heterocycles. The third kappa shape index (κ3) is 2.32. The van der Waals surface area contributed by atoms with Crippen LogP contribution < -0.4 is 4.74 Å². The van der Waals surface area contributed by atoms with Crippen LogP contribution in [0.5, 0.6) is 5.06 Å². The first-order valence-electron chi connectivity index (χ1n) is 3.56. The molecule has 66 valence electrons. The molecule has 0 spiro atoms. The van der Waals surface area contributed by atoms with Crippen molar-refractivity contribution >= 4 is 17.3 Å². The van der Waals surface area contributed by atoms with Crippen molar-refractivity contribution in [2.24, 2.45) is 0 Å². The fraction of sp³-hybridized carbons (Fsp3) is 0.375. The molecule has 0 bridgehead atoms. The summed E-state index contributed by atoms with van der Waals surface area (Å²) in [5.41, 5.74) is 0. The highest BCUT2D eigenvalue weighted by Crippen LogP contribution is 2.28. The molecule has 0 radical (unpaired) electrons. The molecule has 4 heteroatoms. The minimum absolute atomic E-state index is 0.339. The predicted molar refractivity (Wildman–Crippen MR) is 46.3 cm³/mol. The first kappa shape index (κ1) is 9.22. The number of hydrogen-bond acceptors (Lipinski definition) is 4. The summed E-state index contributed by atoms with van der Waals surface area (Å²) in [6.45, 7) is 3.02. The van der Waals surface area contributed by atoms with Crippen molar-refractivity contribution in [3.05, 3.63) is 17.0 Å². The van der Waals surface area contributed by atoms with Crippen molar-refractivity contribution in [2.45, 2.75) is 20.0 Å². The Hall–Kier alpha value is -0.870. The molecule has 1 rings (SSSR count). The SMILES string of the molecule is CC(=O)Oc1ccc(C(C)O)s1. The molecule has 0 aliphatic rings. The fourth-order valence-corrected chi connectivity index (χ4v) is 1.59. The summed E-state index contributed by atoms with van der Waals surface area (Å²) in [6, 6.07) is 3.42. The molecule has 1 atom stereocenters. The second-order valence-electron chi connectivity index (χ2n) is 2.43. The molecule has 0 aliphatic heterocycles. The van der Waals surface area contributed by atoms with Gasteiger partial charge in [-0.1, -0.05) is 0 Å². The Kier molecular flexibility index (Phi) is 2.83. The van der Waals surface area contributed by atoms with Crippen molar-refractivity contribution in [3.8, 4) is 5.06 Å². The Morgan fingerprint density at radius 3 is 2.75 bits per heavy atom. The third-order valence-corrected chi connectivity index (χ3v) is 2.39. The van der Waals surface area contributed by atoms with E-state index in [1.54, 1.807) is 19.1 Å². The molecule has 0 saturated carbocycles. The Labute approximate surface area is 74.6 Å². The van der Waals surface area contributed by atoms with E-state index in [1.165, 1.54) is 18.3 Å². The van der Waals surface area contributed by atoms with E-state index in [0.29, 0.717) is 5.06 Å². The number of rotatable bonds is 2. The molecule has 1 aromatic rings. The monoisotopic (exact) mass is 186 g/mol. The lowest BCUT2D eigenvalue weighted by atomic mass is 10.3. The molecule has 12 heavy (non-hydrogen) atoms. The molecule has 1 heterocycles. The molecule has 1 unspecified atom stereocenters. The molecule has 0 aliphatic carbocycles. The number of hydrogen-bond donors (Lipinski definition) is 1. The van der Waals surface area contributed by atoms with Gasteiger partial charge in [0.1, 0.15) is 0 Å². The topological polar surface area (TPSA) is 46.5 Å². The van der Waals surface area contributed by atoms with Gasteiger partial charge in [0.25, 0.3) is 0 Å². The maximum Gasteiger partial charge on any atom is 0.308 e. The number of esters is 1. The average molecular weight is 186 g/mol. The summed E-state index contributed by atoms with van der Waals surface area (Å²) in [4.78, 5) is 11.3. The van der Waals surface area contributed by atoms with Gasteiger partial charge in [-0.2, -0.15) is 0 Å². The highest BCUT2D eigenvalue weighted by Gasteiger charge is 2.06. The smallest absolute Gasteiger partial charge is 0.308 e. The zero-order valence-corrected chi connectivity index (χ0v) is 7.72. The molecule has 0 amide bonds. The summed E-state index contributed by atoms with van der Waals surface area (Å²) >= 11 is 1.28. The summed E-state index contributed by atoms with van der Waals surface area (Å²) in [7, 11) is 0. The fourth-order valence-electron chi connectivity index (χ4n) is 0.755. The van der Waals surface area contributed by atoms with E-state index >= 15 is 0 Å². The third-order valence-electron chi connectivity index (χ3n) is 1.26. The molecule has 0 fully saturated rings. The van der Waals surface area contributed by atoms with Crippen molar-refractivity contribution in [3.63, 3.8) is 0 Å². The Balaban J connectivity index is 2.70. The van der Waals surface area contributed by atoms with Gasteiger partial charge in [0.2, 0.25) is 0 Å². The molecule has 0 aromatic carbocycles. The standard InChI is InChI=1S/C8H10O3S/c1-5(9)7-3-4-8(12-7)11-6(2)10/h3-5,9H,1-2H3. The summed E-state index contributed by atoms with van der Waals surface area (Å²) in [6.07, 6.45) is -0.501. The second-order valence-corrected chi connectivity index (χ2v) is 3.50. The lowest BCUT2D eigenvalue weighted by Gasteiger charge is -1.97. The predicted octanol–water partition coefficient (Wildman–Crippen LogP) is 1.73. The Morgan fingerprint density at radius 2 is 2.33 bits per heavy atom. The van der Waals surface area contributed by atoms with E-state index in [9.17, 15) is 4.79 Å². The maximum atomic E-state index is 10.5. The molecular formula is C8H10O3S. The first-order valence-corrected chi connectivity index (χ1v) is 4.37. The number of thiophene rings is 1. The number of carbonyl (C=O) groups excluding carboxylic acids is 1. The van der Waals surface area contributed by atoms with Crippen molar-refractivity contribution in [1.82, 2.24) is 0 Å². The van der Waals surface area contributed by atoms with Crippen molar-refractivity contribution < 1.29 is 14.6 Å². The van der Waals surface area contributed by atoms with Crippen molar-refractivity contribution in [1.29, 1.82) is 0 Å². The Bertz CT molecular complexity index is 278. The van der Waals surface area contributed by atoms with E-state index in [2.05, 4.69) is 0 Å². The van der Waals surface area contributed by atoms with Gasteiger partial charge in [-0.25, -0.2) is 0 Å². The van der Waals surface area contributed by atoms with Crippen LogP contribution in [0.25, 0.3) is 0 Å². The van der Waals surface area contributed by atoms with Crippen LogP contribution in [0.4, 0.5) is 0 Å². The highest BCUT2D eigenvalue weighted by molar-refractivity contribution is 7.13. The van der Waals surface area contributed by atoms with Gasteiger partial charge in [-0.3, -0.25) is 4.79 Å². The van der Waals surface area contributed by atoms with E-state index in [0.717, 1.165) is 4.88 Å². The van der Waals surface area contributed by atoms with E-state index < -0.39 is 6.10 Å². The number of aliphatic hydroxyl groups excluding tert-OH is 1. The van der Waals surface area contributed by atoms with Crippen LogP contribution in [0.2, 0.25) is 0 Å². The zero-order valence-electron chi connectivity index (χ0n) is 6.90. The largest absolute Gasteiger partial charge is 0.416 e. The number of carbonyl (C=O) groups is 1. The van der Waals surface area contributed by atoms with Gasteiger partial charge < -0.3 is 9.84 Å². The maximum absolute atomic E-state index is 10.5. The molecule has 3 nitrogen and oxygen atoms in total. The quantitative estimate of drug-likeness (QED) is 0.715. The van der Waals surface area contributed by atoms with Gasteiger partial charge in [0, 0.05) is 11.8 Å². The van der Waals surface area contributed by atoms with Crippen LogP contribution in [0, 0.1) is 0 Å². The summed E-state index contributed by atoms with van der Waals surface area (Å²) in [5, 5.41) is 9.67. The summed E-state index contributed by atoms with van der Waals surface area (Å²) in [5.74, 6) is -0.339. The van der Waals surface area contributed by atoms with Crippen LogP contribution in [0.1, 0.15) is 24.8 Å².